The molecule has 0 saturated carbocycles. The number of likely N-dealkylation sites (tertiary alicyclic amines) is 1. The number of hydrogen-bond donors (Lipinski definition) is 2. The highest BCUT2D eigenvalue weighted by atomic mass is 16.5. The van der Waals surface area contributed by atoms with Gasteiger partial charge in [-0.1, -0.05) is 41.6 Å². The van der Waals surface area contributed by atoms with Gasteiger partial charge < -0.3 is 19.8 Å². The van der Waals surface area contributed by atoms with Gasteiger partial charge in [-0.3, -0.25) is 0 Å². The molecule has 1 fully saturated rings. The van der Waals surface area contributed by atoms with Crippen molar-refractivity contribution >= 4 is 17.1 Å². The number of hydrogen-bond acceptors (Lipinski definition) is 4. The van der Waals surface area contributed by atoms with Gasteiger partial charge in [-0.15, -0.1) is 0 Å². The van der Waals surface area contributed by atoms with Crippen LogP contribution < -0.4 is 5.32 Å². The van der Waals surface area contributed by atoms with E-state index in [0.29, 0.717) is 19.0 Å². The summed E-state index contributed by atoms with van der Waals surface area (Å²) in [5.41, 5.74) is 5.63. The van der Waals surface area contributed by atoms with E-state index in [1.54, 1.807) is 0 Å². The van der Waals surface area contributed by atoms with Crippen LogP contribution in [0.5, 0.6) is 0 Å². The molecule has 0 atom stereocenters. The maximum atomic E-state index is 11.0. The van der Waals surface area contributed by atoms with E-state index >= 15 is 0 Å². The van der Waals surface area contributed by atoms with Gasteiger partial charge in [0.05, 0.1) is 5.69 Å². The van der Waals surface area contributed by atoms with E-state index in [1.807, 2.05) is 20.2 Å². The lowest BCUT2D eigenvalue weighted by molar-refractivity contribution is 0.123. The summed E-state index contributed by atoms with van der Waals surface area (Å²) in [5, 5.41) is 17.3. The van der Waals surface area contributed by atoms with Crippen molar-refractivity contribution in [3.05, 3.63) is 64.8 Å². The van der Waals surface area contributed by atoms with Crippen molar-refractivity contribution in [1.82, 2.24) is 15.4 Å². The molecule has 1 aliphatic rings. The Morgan fingerprint density at radius 2 is 1.84 bits per heavy atom. The van der Waals surface area contributed by atoms with Crippen LogP contribution in [0.25, 0.3) is 11.0 Å². The second-order valence-corrected chi connectivity index (χ2v) is 8.27. The Morgan fingerprint density at radius 1 is 1.16 bits per heavy atom. The number of nitrogens with one attached hydrogen (secondary N) is 1. The molecule has 0 aliphatic carbocycles. The van der Waals surface area contributed by atoms with Crippen molar-refractivity contribution in [2.75, 3.05) is 27.2 Å². The van der Waals surface area contributed by atoms with E-state index in [4.69, 9.17) is 9.63 Å². The highest BCUT2D eigenvalue weighted by Crippen LogP contribution is 2.29. The summed E-state index contributed by atoms with van der Waals surface area (Å²) >= 11 is 0. The van der Waals surface area contributed by atoms with Gasteiger partial charge in [-0.05, 0) is 81.8 Å². The zero-order chi connectivity index (χ0) is 22.2. The lowest BCUT2D eigenvalue weighted by Crippen LogP contribution is -2.37. The van der Waals surface area contributed by atoms with E-state index in [0.717, 1.165) is 54.3 Å². The Kier molecular flexibility index (Phi) is 8.06. The third-order valence-corrected chi connectivity index (χ3v) is 5.99. The number of amides is 1. The van der Waals surface area contributed by atoms with Crippen LogP contribution in [0.4, 0.5) is 4.79 Å². The smallest absolute Gasteiger partial charge is 0.407 e. The van der Waals surface area contributed by atoms with E-state index in [-0.39, 0.29) is 0 Å². The van der Waals surface area contributed by atoms with Gasteiger partial charge in [-0.2, -0.15) is 0 Å². The Balaban J connectivity index is 0.000000858. The van der Waals surface area contributed by atoms with Gasteiger partial charge in [0, 0.05) is 18.5 Å². The second kappa shape index (κ2) is 11.0. The molecule has 0 bridgehead atoms. The first-order valence-corrected chi connectivity index (χ1v) is 11.0. The molecule has 1 aliphatic heterocycles. The Bertz CT molecular complexity index is 976. The maximum absolute atomic E-state index is 11.0. The number of aromatic nitrogens is 1. The number of benzene rings is 2. The molecule has 6 nitrogen and oxygen atoms in total. The summed E-state index contributed by atoms with van der Waals surface area (Å²) in [6, 6.07) is 14.8. The van der Waals surface area contributed by atoms with Crippen molar-refractivity contribution in [3.63, 3.8) is 0 Å². The molecule has 3 aromatic rings. The predicted molar refractivity (Wildman–Crippen MR) is 124 cm³/mol. The Hall–Kier alpha value is -2.86. The molecule has 1 aromatic heterocycles. The van der Waals surface area contributed by atoms with Gasteiger partial charge in [0.1, 0.15) is 0 Å². The third kappa shape index (κ3) is 5.85. The van der Waals surface area contributed by atoms with E-state index in [2.05, 4.69) is 53.8 Å². The monoisotopic (exact) mass is 423 g/mol. The van der Waals surface area contributed by atoms with Gasteiger partial charge in [0.25, 0.3) is 0 Å². The molecule has 2 heterocycles. The molecule has 31 heavy (non-hydrogen) atoms. The molecule has 0 radical (unpaired) electrons. The van der Waals surface area contributed by atoms with Crippen molar-refractivity contribution in [2.24, 2.45) is 5.92 Å². The predicted octanol–water partition coefficient (Wildman–Crippen LogP) is 4.89. The lowest BCUT2D eigenvalue weighted by Gasteiger charge is -2.29. The van der Waals surface area contributed by atoms with Crippen LogP contribution in [-0.2, 0) is 12.8 Å². The van der Waals surface area contributed by atoms with Crippen molar-refractivity contribution in [3.8, 4) is 0 Å². The Morgan fingerprint density at radius 3 is 2.48 bits per heavy atom. The summed E-state index contributed by atoms with van der Waals surface area (Å²) in [5.74, 6) is 0.556. The standard InChI is InChI=1S/C23H26N2O3.C2H7N/c1-16-19(15-18-5-3-2-4-6-18)8-9-20-21(24-28-22(16)20)10-7-17-11-13-25(14-12-17)23(26)27;1-3-2/h2-6,8-9,17H,7,10-15H2,1H3,(H,26,27);3H,1-2H3. The molecule has 1 amide bonds. The lowest BCUT2D eigenvalue weighted by atomic mass is 9.91. The quantitative estimate of drug-likeness (QED) is 0.611. The van der Waals surface area contributed by atoms with Gasteiger partial charge in [0.15, 0.2) is 5.58 Å². The summed E-state index contributed by atoms with van der Waals surface area (Å²) in [6.07, 6.45) is 3.86. The molecule has 2 aromatic carbocycles. The fourth-order valence-corrected chi connectivity index (χ4v) is 4.17. The average molecular weight is 424 g/mol. The van der Waals surface area contributed by atoms with Crippen LogP contribution in [0.15, 0.2) is 47.0 Å². The minimum atomic E-state index is -0.803. The second-order valence-electron chi connectivity index (χ2n) is 8.27. The zero-order valence-electron chi connectivity index (χ0n) is 18.7. The zero-order valence-corrected chi connectivity index (χ0v) is 18.7. The highest BCUT2D eigenvalue weighted by molar-refractivity contribution is 5.83. The number of rotatable bonds is 5. The molecule has 0 spiro atoms. The average Bonchev–Trinajstić information content (AvgIpc) is 3.19. The molecular formula is C25H33N3O3. The molecule has 0 unspecified atom stereocenters. The normalized spacial score (nSPS) is 14.4. The van der Waals surface area contributed by atoms with Crippen molar-refractivity contribution in [2.45, 2.75) is 39.0 Å². The Labute approximate surface area is 184 Å². The number of fused-ring (bicyclic) bond motifs is 1. The van der Waals surface area contributed by atoms with E-state index < -0.39 is 6.09 Å². The SMILES string of the molecule is CNC.Cc1c(Cc2ccccc2)ccc2c(CCC3CCN(C(=O)O)CC3)noc12. The van der Waals surface area contributed by atoms with Crippen LogP contribution in [-0.4, -0.2) is 48.4 Å². The molecule has 2 N–H and O–H groups in total. The van der Waals surface area contributed by atoms with Gasteiger partial charge >= 0.3 is 6.09 Å². The molecular weight excluding hydrogens is 390 g/mol. The fourth-order valence-electron chi connectivity index (χ4n) is 4.17. The summed E-state index contributed by atoms with van der Waals surface area (Å²) in [7, 11) is 3.75. The summed E-state index contributed by atoms with van der Waals surface area (Å²) < 4.78 is 5.71. The van der Waals surface area contributed by atoms with Crippen LogP contribution >= 0.6 is 0 Å². The topological polar surface area (TPSA) is 78.6 Å². The summed E-state index contributed by atoms with van der Waals surface area (Å²) in [4.78, 5) is 12.5. The van der Waals surface area contributed by atoms with Gasteiger partial charge in [0.2, 0.25) is 0 Å². The van der Waals surface area contributed by atoms with Gasteiger partial charge in [-0.25, -0.2) is 4.79 Å². The van der Waals surface area contributed by atoms with E-state index in [9.17, 15) is 4.79 Å². The third-order valence-electron chi connectivity index (χ3n) is 5.99. The first kappa shape index (κ1) is 22.8. The number of aryl methyl sites for hydroxylation is 2. The van der Waals surface area contributed by atoms with E-state index in [1.165, 1.54) is 16.0 Å². The number of nitrogens with zero attached hydrogens (tertiary/aromatic N) is 2. The molecule has 1 saturated heterocycles. The largest absolute Gasteiger partial charge is 0.465 e. The number of carboxylic acid groups (broad SMARTS) is 1. The summed E-state index contributed by atoms with van der Waals surface area (Å²) in [6.45, 7) is 3.39. The minimum absolute atomic E-state index is 0.556. The molecule has 166 valence electrons. The molecule has 4 rings (SSSR count). The van der Waals surface area contributed by atoms with Crippen molar-refractivity contribution < 1.29 is 14.4 Å². The number of piperidine rings is 1. The van der Waals surface area contributed by atoms with Crippen LogP contribution in [0, 0.1) is 12.8 Å². The first-order valence-electron chi connectivity index (χ1n) is 11.0. The first-order chi connectivity index (χ1) is 15.0. The highest BCUT2D eigenvalue weighted by Gasteiger charge is 2.23. The van der Waals surface area contributed by atoms with Crippen LogP contribution in [0.3, 0.4) is 0 Å². The fraction of sp³-hybridized carbons (Fsp3) is 0.440. The van der Waals surface area contributed by atoms with Crippen LogP contribution in [0.1, 0.15) is 41.6 Å². The number of carbonyl (C=O) groups is 1. The minimum Gasteiger partial charge on any atom is -0.465 e. The molecule has 6 heteroatoms. The van der Waals surface area contributed by atoms with Crippen molar-refractivity contribution in [1.29, 1.82) is 0 Å². The van der Waals surface area contributed by atoms with Crippen LogP contribution in [0.2, 0.25) is 0 Å². The maximum Gasteiger partial charge on any atom is 0.407 e.